The molecule has 1 unspecified atom stereocenters. The van der Waals surface area contributed by atoms with E-state index in [1.807, 2.05) is 107 Å². The molecular formula is C35H41N3O5. The number of anilines is 2. The van der Waals surface area contributed by atoms with Crippen LogP contribution in [0.25, 0.3) is 0 Å². The lowest BCUT2D eigenvalue weighted by atomic mass is 9.74. The third-order valence-corrected chi connectivity index (χ3v) is 9.57. The third-order valence-electron chi connectivity index (χ3n) is 9.57. The molecule has 3 amide bonds. The van der Waals surface area contributed by atoms with Crippen LogP contribution in [0.15, 0.2) is 72.8 Å². The number of carbonyl (C=O) groups excluding carboxylic acids is 3. The van der Waals surface area contributed by atoms with Gasteiger partial charge < -0.3 is 24.5 Å². The van der Waals surface area contributed by atoms with E-state index in [0.717, 1.165) is 22.5 Å². The number of aryl methyl sites for hydroxylation is 2. The van der Waals surface area contributed by atoms with Gasteiger partial charge in [0.1, 0.15) is 11.6 Å². The van der Waals surface area contributed by atoms with Gasteiger partial charge in [-0.05, 0) is 62.4 Å². The maximum absolute atomic E-state index is 14.9. The van der Waals surface area contributed by atoms with E-state index in [0.29, 0.717) is 19.5 Å². The van der Waals surface area contributed by atoms with Crippen LogP contribution in [0.4, 0.5) is 11.4 Å². The Labute approximate surface area is 253 Å². The number of hydrogen-bond acceptors (Lipinski definition) is 5. The maximum Gasteiger partial charge on any atom is 0.253 e. The number of aliphatic hydroxyl groups is 1. The fourth-order valence-electron chi connectivity index (χ4n) is 7.74. The number of amides is 3. The molecule has 43 heavy (non-hydrogen) atoms. The van der Waals surface area contributed by atoms with Crippen LogP contribution in [0.3, 0.4) is 0 Å². The van der Waals surface area contributed by atoms with Crippen molar-refractivity contribution in [3.8, 4) is 0 Å². The molecule has 1 N–H and O–H groups in total. The molecule has 0 aromatic heterocycles. The summed E-state index contributed by atoms with van der Waals surface area (Å²) in [6.07, 6.45) is 8.08. The number of para-hydroxylation sites is 1. The quantitative estimate of drug-likeness (QED) is 0.516. The number of carbonyl (C=O) groups is 3. The van der Waals surface area contributed by atoms with E-state index >= 15 is 0 Å². The third kappa shape index (κ3) is 4.54. The van der Waals surface area contributed by atoms with E-state index in [9.17, 15) is 19.5 Å². The lowest BCUT2D eigenvalue weighted by molar-refractivity contribution is -0.148. The van der Waals surface area contributed by atoms with Gasteiger partial charge in [-0.2, -0.15) is 0 Å². The largest absolute Gasteiger partial charge is 0.394 e. The van der Waals surface area contributed by atoms with Crippen LogP contribution in [-0.2, 0) is 19.1 Å². The molecule has 226 valence electrons. The Bertz CT molecular complexity index is 1500. The summed E-state index contributed by atoms with van der Waals surface area (Å²) in [5, 5.41) is 10.6. The first kappa shape index (κ1) is 29.3. The Hall–Kier alpha value is -3.75. The number of fused-ring (bicyclic) bond motifs is 2. The van der Waals surface area contributed by atoms with Crippen LogP contribution < -0.4 is 9.80 Å². The smallest absolute Gasteiger partial charge is 0.253 e. The van der Waals surface area contributed by atoms with Gasteiger partial charge >= 0.3 is 0 Å². The maximum atomic E-state index is 14.9. The van der Waals surface area contributed by atoms with Crippen LogP contribution in [0.2, 0.25) is 0 Å². The van der Waals surface area contributed by atoms with E-state index in [1.54, 1.807) is 14.7 Å². The molecule has 0 saturated carbocycles. The highest BCUT2D eigenvalue weighted by atomic mass is 16.5. The van der Waals surface area contributed by atoms with E-state index in [2.05, 4.69) is 0 Å². The molecule has 4 aliphatic rings. The van der Waals surface area contributed by atoms with E-state index in [-0.39, 0.29) is 30.2 Å². The van der Waals surface area contributed by atoms with Crippen LogP contribution in [0.1, 0.15) is 38.3 Å². The number of ether oxygens (including phenoxy) is 1. The van der Waals surface area contributed by atoms with Gasteiger partial charge in [-0.15, -0.1) is 0 Å². The minimum atomic E-state index is -1.38. The van der Waals surface area contributed by atoms with Gasteiger partial charge in [0.2, 0.25) is 11.8 Å². The first-order chi connectivity index (χ1) is 20.5. The second-order valence-electron chi connectivity index (χ2n) is 13.0. The van der Waals surface area contributed by atoms with Crippen LogP contribution in [0, 0.1) is 31.6 Å². The van der Waals surface area contributed by atoms with Gasteiger partial charge in [-0.1, -0.05) is 68.5 Å². The predicted molar refractivity (Wildman–Crippen MR) is 166 cm³/mol. The molecule has 1 spiro atoms. The molecule has 2 fully saturated rings. The Morgan fingerprint density at radius 3 is 2.30 bits per heavy atom. The topological polar surface area (TPSA) is 90.4 Å². The molecule has 0 aliphatic carbocycles. The van der Waals surface area contributed by atoms with Crippen molar-refractivity contribution in [1.29, 1.82) is 0 Å². The Kier molecular flexibility index (Phi) is 7.33. The van der Waals surface area contributed by atoms with Crippen molar-refractivity contribution < 1.29 is 24.2 Å². The summed E-state index contributed by atoms with van der Waals surface area (Å²) in [6, 6.07) is 13.8. The van der Waals surface area contributed by atoms with Crippen molar-refractivity contribution in [1.82, 2.24) is 4.90 Å². The van der Waals surface area contributed by atoms with Crippen molar-refractivity contribution in [2.45, 2.75) is 64.3 Å². The summed E-state index contributed by atoms with van der Waals surface area (Å²) < 4.78 is 6.98. The summed E-state index contributed by atoms with van der Waals surface area (Å²) in [4.78, 5) is 49.1. The first-order valence-corrected chi connectivity index (χ1v) is 15.3. The van der Waals surface area contributed by atoms with Gasteiger partial charge in [0.15, 0.2) is 0 Å². The highest BCUT2D eigenvalue weighted by Crippen LogP contribution is 2.58. The van der Waals surface area contributed by atoms with Gasteiger partial charge in [0, 0.05) is 24.5 Å². The highest BCUT2D eigenvalue weighted by Gasteiger charge is 2.75. The molecule has 8 nitrogen and oxygen atoms in total. The molecule has 2 aromatic rings. The normalized spacial score (nSPS) is 30.8. The molecule has 0 bridgehead atoms. The summed E-state index contributed by atoms with van der Waals surface area (Å²) >= 11 is 0. The molecule has 8 heteroatoms. The number of likely N-dealkylation sites (tertiary alicyclic amines) is 1. The van der Waals surface area contributed by atoms with Crippen molar-refractivity contribution in [3.05, 3.63) is 84.0 Å². The Morgan fingerprint density at radius 2 is 1.60 bits per heavy atom. The predicted octanol–water partition coefficient (Wildman–Crippen LogP) is 4.19. The van der Waals surface area contributed by atoms with Gasteiger partial charge in [0.05, 0.1) is 30.1 Å². The van der Waals surface area contributed by atoms with E-state index < -0.39 is 35.1 Å². The van der Waals surface area contributed by atoms with Crippen molar-refractivity contribution in [2.24, 2.45) is 17.8 Å². The zero-order chi connectivity index (χ0) is 30.7. The zero-order valence-electron chi connectivity index (χ0n) is 25.6. The fraction of sp³-hybridized carbons (Fsp3) is 0.457. The monoisotopic (exact) mass is 583 g/mol. The van der Waals surface area contributed by atoms with Gasteiger partial charge in [-0.25, -0.2) is 0 Å². The molecule has 0 radical (unpaired) electrons. The second kappa shape index (κ2) is 10.8. The summed E-state index contributed by atoms with van der Waals surface area (Å²) in [5.41, 5.74) is 0.976. The van der Waals surface area contributed by atoms with Crippen molar-refractivity contribution in [3.63, 3.8) is 0 Å². The standard InChI is InChI=1S/C35H41N3O5/c1-22(2)19-26(21-39)38-30-33(42)37(27-20-23(3)13-14-24(27)4)18-10-16-35(30)29(32(38)41)28-31(40)36(25-11-7-6-8-12-25)17-9-15-34(28,5)43-35/h6-16,20,22,26,28-30,39H,17-19,21H2,1-5H3/t26-,28-,29+,30?,34+,35+/m1/s1. The average Bonchev–Trinajstić information content (AvgIpc) is 3.25. The first-order valence-electron chi connectivity index (χ1n) is 15.3. The van der Waals surface area contributed by atoms with Crippen LogP contribution in [0.5, 0.6) is 0 Å². The Balaban J connectivity index is 1.52. The molecule has 6 atom stereocenters. The highest BCUT2D eigenvalue weighted by molar-refractivity contribution is 6.08. The molecule has 4 heterocycles. The van der Waals surface area contributed by atoms with Gasteiger partial charge in [-0.3, -0.25) is 14.4 Å². The number of aliphatic hydroxyl groups excluding tert-OH is 1. The molecule has 2 aromatic carbocycles. The molecule has 6 rings (SSSR count). The summed E-state index contributed by atoms with van der Waals surface area (Å²) in [5.74, 6) is -2.45. The van der Waals surface area contributed by atoms with E-state index in [1.165, 1.54) is 0 Å². The lowest BCUT2D eigenvalue weighted by Crippen LogP contribution is -2.59. The number of nitrogens with zero attached hydrogens (tertiary/aromatic N) is 3. The summed E-state index contributed by atoms with van der Waals surface area (Å²) in [6.45, 7) is 10.2. The van der Waals surface area contributed by atoms with Crippen molar-refractivity contribution >= 4 is 29.1 Å². The second-order valence-corrected chi connectivity index (χ2v) is 13.0. The number of rotatable bonds is 6. The number of hydrogen-bond donors (Lipinski definition) is 1. The fourth-order valence-corrected chi connectivity index (χ4v) is 7.74. The minimum Gasteiger partial charge on any atom is -0.394 e. The number of benzene rings is 2. The summed E-state index contributed by atoms with van der Waals surface area (Å²) in [7, 11) is 0. The Morgan fingerprint density at radius 1 is 0.907 bits per heavy atom. The lowest BCUT2D eigenvalue weighted by Gasteiger charge is -2.40. The van der Waals surface area contributed by atoms with Crippen molar-refractivity contribution in [2.75, 3.05) is 29.5 Å². The molecular weight excluding hydrogens is 542 g/mol. The SMILES string of the molecule is Cc1ccc(C)c(N2CC=C[C@]34O[C@@]5(C)C=CCN(c6ccccc6)C(=O)[C@H]5[C@H]3C(=O)N([C@@H](CO)CC(C)C)C4C2=O)c1. The van der Waals surface area contributed by atoms with Gasteiger partial charge in [0.25, 0.3) is 5.91 Å². The zero-order valence-corrected chi connectivity index (χ0v) is 25.6. The minimum absolute atomic E-state index is 0.162. The average molecular weight is 584 g/mol. The van der Waals surface area contributed by atoms with Crippen LogP contribution in [-0.4, -0.2) is 70.7 Å². The van der Waals surface area contributed by atoms with E-state index in [4.69, 9.17) is 4.74 Å². The van der Waals surface area contributed by atoms with Crippen LogP contribution >= 0.6 is 0 Å². The molecule has 4 aliphatic heterocycles. The molecule has 2 saturated heterocycles.